The molecule has 8 nitrogen and oxygen atoms in total. The van der Waals surface area contributed by atoms with Gasteiger partial charge < -0.3 is 24.2 Å². The number of amides is 1. The van der Waals surface area contributed by atoms with E-state index >= 15 is 0 Å². The fourth-order valence-electron chi connectivity index (χ4n) is 5.15. The van der Waals surface area contributed by atoms with E-state index in [9.17, 15) is 9.18 Å². The Kier molecular flexibility index (Phi) is 8.74. The molecular formula is C25H37FN4O4. The zero-order valence-corrected chi connectivity index (χ0v) is 20.3. The first-order valence-electron chi connectivity index (χ1n) is 12.4. The van der Waals surface area contributed by atoms with E-state index in [1.807, 2.05) is 0 Å². The molecule has 1 N–H and O–H groups in total. The number of hydrogen-bond donors (Lipinski definition) is 1. The largest absolute Gasteiger partial charge is 0.356 e. The molecule has 0 atom stereocenters. The van der Waals surface area contributed by atoms with Gasteiger partial charge in [-0.3, -0.25) is 9.69 Å². The number of aromatic nitrogens is 1. The van der Waals surface area contributed by atoms with Gasteiger partial charge in [0.15, 0.2) is 17.7 Å². The summed E-state index contributed by atoms with van der Waals surface area (Å²) in [6, 6.07) is 4.83. The molecule has 1 saturated carbocycles. The summed E-state index contributed by atoms with van der Waals surface area (Å²) in [4.78, 5) is 16.9. The summed E-state index contributed by atoms with van der Waals surface area (Å²) >= 11 is 0. The van der Waals surface area contributed by atoms with Gasteiger partial charge in [0, 0.05) is 59.3 Å². The monoisotopic (exact) mass is 476 g/mol. The summed E-state index contributed by atoms with van der Waals surface area (Å²) in [6.45, 7) is 4.77. The average molecular weight is 477 g/mol. The van der Waals surface area contributed by atoms with Crippen molar-refractivity contribution >= 4 is 22.7 Å². The van der Waals surface area contributed by atoms with Crippen LogP contribution in [0.4, 0.5) is 10.2 Å². The van der Waals surface area contributed by atoms with E-state index in [0.29, 0.717) is 18.4 Å². The lowest BCUT2D eigenvalue weighted by Gasteiger charge is -2.36. The van der Waals surface area contributed by atoms with Crippen molar-refractivity contribution in [2.75, 3.05) is 51.8 Å². The number of halogens is 1. The third-order valence-corrected chi connectivity index (χ3v) is 7.28. The van der Waals surface area contributed by atoms with E-state index < -0.39 is 0 Å². The SMILES string of the molecule is COC(CCC(=O)N[C@H]1CC[C@H](CCN2CCN(c3noc4ccc(F)cc34)CC2)CC1)OC. The molecule has 34 heavy (non-hydrogen) atoms. The number of piperazine rings is 1. The number of rotatable bonds is 10. The Labute approximate surface area is 200 Å². The summed E-state index contributed by atoms with van der Waals surface area (Å²) in [5.74, 6) is 1.29. The van der Waals surface area contributed by atoms with Gasteiger partial charge in [-0.25, -0.2) is 4.39 Å². The van der Waals surface area contributed by atoms with Gasteiger partial charge in [0.05, 0.1) is 5.39 Å². The molecule has 1 aromatic carbocycles. The Morgan fingerprint density at radius 3 is 2.62 bits per heavy atom. The van der Waals surface area contributed by atoms with Crippen LogP contribution in [0, 0.1) is 11.7 Å². The first kappa shape index (κ1) is 24.9. The van der Waals surface area contributed by atoms with E-state index in [1.54, 1.807) is 20.3 Å². The summed E-state index contributed by atoms with van der Waals surface area (Å²) in [7, 11) is 3.18. The third-order valence-electron chi connectivity index (χ3n) is 7.28. The Bertz CT molecular complexity index is 919. The molecule has 1 aliphatic heterocycles. The number of methoxy groups -OCH3 is 2. The van der Waals surface area contributed by atoms with E-state index in [2.05, 4.69) is 20.3 Å². The second-order valence-corrected chi connectivity index (χ2v) is 9.49. The van der Waals surface area contributed by atoms with Crippen molar-refractivity contribution in [1.29, 1.82) is 0 Å². The van der Waals surface area contributed by atoms with Crippen LogP contribution in [0.15, 0.2) is 22.7 Å². The van der Waals surface area contributed by atoms with Gasteiger partial charge >= 0.3 is 0 Å². The molecule has 2 aromatic rings. The van der Waals surface area contributed by atoms with E-state index in [-0.39, 0.29) is 24.1 Å². The average Bonchev–Trinajstić information content (AvgIpc) is 3.27. The van der Waals surface area contributed by atoms with Gasteiger partial charge in [0.25, 0.3) is 0 Å². The van der Waals surface area contributed by atoms with Crippen LogP contribution in [0.1, 0.15) is 44.9 Å². The second-order valence-electron chi connectivity index (χ2n) is 9.49. The van der Waals surface area contributed by atoms with E-state index in [1.165, 1.54) is 31.4 Å². The van der Waals surface area contributed by atoms with Crippen LogP contribution in [-0.4, -0.2) is 75.2 Å². The molecule has 188 valence electrons. The van der Waals surface area contributed by atoms with Crippen molar-refractivity contribution in [1.82, 2.24) is 15.4 Å². The maximum absolute atomic E-state index is 13.7. The van der Waals surface area contributed by atoms with E-state index in [4.69, 9.17) is 14.0 Å². The minimum Gasteiger partial charge on any atom is -0.356 e. The molecular weight excluding hydrogens is 439 g/mol. The highest BCUT2D eigenvalue weighted by atomic mass is 19.1. The minimum atomic E-state index is -0.318. The van der Waals surface area contributed by atoms with Gasteiger partial charge in [-0.2, -0.15) is 0 Å². The van der Waals surface area contributed by atoms with Crippen LogP contribution in [-0.2, 0) is 14.3 Å². The van der Waals surface area contributed by atoms with Gasteiger partial charge in [0.1, 0.15) is 5.82 Å². The number of fused-ring (bicyclic) bond motifs is 1. The second kappa shape index (κ2) is 12.0. The first-order valence-corrected chi connectivity index (χ1v) is 12.4. The molecule has 1 amide bonds. The predicted octanol–water partition coefficient (Wildman–Crippen LogP) is 3.55. The predicted molar refractivity (Wildman–Crippen MR) is 128 cm³/mol. The lowest BCUT2D eigenvalue weighted by molar-refractivity contribution is -0.129. The zero-order chi connectivity index (χ0) is 23.9. The van der Waals surface area contributed by atoms with Crippen LogP contribution in [0.3, 0.4) is 0 Å². The smallest absolute Gasteiger partial charge is 0.220 e. The van der Waals surface area contributed by atoms with Gasteiger partial charge in [0.2, 0.25) is 5.91 Å². The van der Waals surface area contributed by atoms with Crippen molar-refractivity contribution in [3.05, 3.63) is 24.0 Å². The van der Waals surface area contributed by atoms with Crippen LogP contribution >= 0.6 is 0 Å². The molecule has 2 aliphatic rings. The molecule has 1 aliphatic carbocycles. The number of nitrogens with one attached hydrogen (secondary N) is 1. The number of carbonyl (C=O) groups is 1. The Hall–Kier alpha value is -2.23. The molecule has 0 spiro atoms. The number of hydrogen-bond acceptors (Lipinski definition) is 7. The number of benzene rings is 1. The lowest BCUT2D eigenvalue weighted by Crippen LogP contribution is -2.47. The molecule has 0 bridgehead atoms. The zero-order valence-electron chi connectivity index (χ0n) is 20.3. The quantitative estimate of drug-likeness (QED) is 0.525. The normalized spacial score (nSPS) is 21.9. The number of carbonyl (C=O) groups excluding carboxylic acids is 1. The molecule has 0 unspecified atom stereocenters. The Morgan fingerprint density at radius 2 is 1.91 bits per heavy atom. The maximum atomic E-state index is 13.7. The maximum Gasteiger partial charge on any atom is 0.220 e. The van der Waals surface area contributed by atoms with Crippen LogP contribution in [0.25, 0.3) is 11.0 Å². The summed E-state index contributed by atoms with van der Waals surface area (Å²) in [5.41, 5.74) is 0.625. The number of ether oxygens (including phenoxy) is 2. The number of nitrogens with zero attached hydrogens (tertiary/aromatic N) is 3. The van der Waals surface area contributed by atoms with Crippen molar-refractivity contribution in [3.63, 3.8) is 0 Å². The molecule has 0 radical (unpaired) electrons. The van der Waals surface area contributed by atoms with Crippen LogP contribution in [0.5, 0.6) is 0 Å². The van der Waals surface area contributed by atoms with Crippen LogP contribution < -0.4 is 10.2 Å². The Morgan fingerprint density at radius 1 is 1.18 bits per heavy atom. The van der Waals surface area contributed by atoms with E-state index in [0.717, 1.165) is 62.7 Å². The minimum absolute atomic E-state index is 0.0862. The summed E-state index contributed by atoms with van der Waals surface area (Å²) in [5, 5.41) is 8.11. The van der Waals surface area contributed by atoms with Gasteiger partial charge in [-0.1, -0.05) is 5.16 Å². The van der Waals surface area contributed by atoms with Crippen molar-refractivity contribution < 1.29 is 23.2 Å². The van der Waals surface area contributed by atoms with Gasteiger partial charge in [-0.05, 0) is 62.8 Å². The Balaban J connectivity index is 1.13. The molecule has 2 heterocycles. The fourth-order valence-corrected chi connectivity index (χ4v) is 5.15. The molecule has 9 heteroatoms. The highest BCUT2D eigenvalue weighted by Crippen LogP contribution is 2.29. The highest BCUT2D eigenvalue weighted by Gasteiger charge is 2.25. The standard InChI is InChI=1S/C25H37FN4O4/c1-32-24(33-2)10-9-23(31)27-20-6-3-18(4-7-20)11-12-29-13-15-30(16-14-29)25-21-17-19(26)5-8-22(21)34-28-25/h5,8,17-18,20,24H,3-4,6-7,9-16H2,1-2H3,(H,27,31)/t18-,20-. The lowest BCUT2D eigenvalue weighted by atomic mass is 9.84. The molecule has 1 saturated heterocycles. The summed E-state index contributed by atoms with van der Waals surface area (Å²) < 4.78 is 29.3. The third kappa shape index (κ3) is 6.46. The summed E-state index contributed by atoms with van der Waals surface area (Å²) in [6.07, 6.45) is 6.32. The van der Waals surface area contributed by atoms with Crippen molar-refractivity contribution in [3.8, 4) is 0 Å². The topological polar surface area (TPSA) is 80.1 Å². The molecule has 4 rings (SSSR count). The van der Waals surface area contributed by atoms with Crippen molar-refractivity contribution in [2.45, 2.75) is 57.3 Å². The fraction of sp³-hybridized carbons (Fsp3) is 0.680. The van der Waals surface area contributed by atoms with Crippen molar-refractivity contribution in [2.24, 2.45) is 5.92 Å². The molecule has 2 fully saturated rings. The number of anilines is 1. The van der Waals surface area contributed by atoms with Gasteiger partial charge in [-0.15, -0.1) is 0 Å². The molecule has 1 aromatic heterocycles. The van der Waals surface area contributed by atoms with Crippen LogP contribution in [0.2, 0.25) is 0 Å². The first-order chi connectivity index (χ1) is 16.6. The highest BCUT2D eigenvalue weighted by molar-refractivity contribution is 5.88.